The zero-order valence-corrected chi connectivity index (χ0v) is 20.2. The van der Waals surface area contributed by atoms with E-state index in [2.05, 4.69) is 35.9 Å². The number of fused-ring (bicyclic) bond motifs is 1. The fourth-order valence-corrected chi connectivity index (χ4v) is 4.46. The third kappa shape index (κ3) is 3.99. The Bertz CT molecular complexity index is 1590. The van der Waals surface area contributed by atoms with Gasteiger partial charge in [0.15, 0.2) is 17.4 Å². The molecule has 0 bridgehead atoms. The van der Waals surface area contributed by atoms with Gasteiger partial charge in [0.05, 0.1) is 17.3 Å². The fraction of sp³-hybridized carbons (Fsp3) is 0.0833. The molecule has 5 rings (SSSR count). The normalized spacial score (nSPS) is 11.1. The minimum Gasteiger partial charge on any atom is -0.496 e. The molecule has 3 heterocycles. The van der Waals surface area contributed by atoms with Crippen molar-refractivity contribution in [2.45, 2.75) is 6.92 Å². The molecular formula is C24H19BrFN7O2. The third-order valence-corrected chi connectivity index (χ3v) is 6.09. The van der Waals surface area contributed by atoms with E-state index in [9.17, 15) is 0 Å². The zero-order valence-electron chi connectivity index (χ0n) is 18.7. The highest BCUT2D eigenvalue weighted by Crippen LogP contribution is 2.44. The Morgan fingerprint density at radius 1 is 1.00 bits per heavy atom. The Morgan fingerprint density at radius 2 is 1.83 bits per heavy atom. The second-order valence-corrected chi connectivity index (χ2v) is 8.40. The van der Waals surface area contributed by atoms with Crippen molar-refractivity contribution in [1.82, 2.24) is 24.5 Å². The smallest absolute Gasteiger partial charge is 0.322 e. The number of nitrogen functional groups attached to an aromatic ring is 2. The number of nitrogens with zero attached hydrogens (tertiary/aromatic N) is 5. The highest BCUT2D eigenvalue weighted by Gasteiger charge is 2.24. The zero-order chi connectivity index (χ0) is 24.7. The molecule has 11 heteroatoms. The average molecular weight is 536 g/mol. The fourth-order valence-electron chi connectivity index (χ4n) is 3.78. The van der Waals surface area contributed by atoms with Crippen LogP contribution in [0.2, 0.25) is 0 Å². The maximum atomic E-state index is 15.3. The quantitative estimate of drug-likeness (QED) is 0.299. The minimum absolute atomic E-state index is 0.0225. The second-order valence-electron chi connectivity index (χ2n) is 7.61. The van der Waals surface area contributed by atoms with Gasteiger partial charge in [-0.15, -0.1) is 0 Å². The summed E-state index contributed by atoms with van der Waals surface area (Å²) in [4.78, 5) is 16.7. The van der Waals surface area contributed by atoms with Crippen molar-refractivity contribution >= 4 is 38.5 Å². The number of hydrogen-bond acceptors (Lipinski definition) is 8. The summed E-state index contributed by atoms with van der Waals surface area (Å²) < 4.78 is 28.8. The van der Waals surface area contributed by atoms with Crippen molar-refractivity contribution in [2.24, 2.45) is 0 Å². The molecule has 0 fully saturated rings. The number of ether oxygens (including phenoxy) is 2. The first-order valence-corrected chi connectivity index (χ1v) is 11.2. The highest BCUT2D eigenvalue weighted by molar-refractivity contribution is 9.10. The Kier molecular flexibility index (Phi) is 5.69. The van der Waals surface area contributed by atoms with Gasteiger partial charge in [-0.2, -0.15) is 0 Å². The number of benzene rings is 2. The molecule has 2 aromatic carbocycles. The standard InChI is InChI=1S/C24H19BrFN7O2/c1-12-7-8-29-24(32-12)35-17-6-4-14(10-16(17)26)33-21(15-5-3-13(27)9-18(15)34-2)19(25)20-22(33)23(28)31-11-30-20/h3-11H,27H2,1-2H3,(H2,28,30,31). The summed E-state index contributed by atoms with van der Waals surface area (Å²) in [5, 5.41) is 0. The van der Waals surface area contributed by atoms with E-state index >= 15 is 4.39 Å². The summed E-state index contributed by atoms with van der Waals surface area (Å²) in [7, 11) is 1.55. The van der Waals surface area contributed by atoms with Gasteiger partial charge in [-0.1, -0.05) is 0 Å². The molecule has 0 spiro atoms. The predicted octanol–water partition coefficient (Wildman–Crippen LogP) is 5.05. The van der Waals surface area contributed by atoms with E-state index in [-0.39, 0.29) is 17.6 Å². The topological polar surface area (TPSA) is 127 Å². The van der Waals surface area contributed by atoms with E-state index in [1.807, 2.05) is 6.07 Å². The van der Waals surface area contributed by atoms with E-state index in [0.29, 0.717) is 49.6 Å². The van der Waals surface area contributed by atoms with Gasteiger partial charge in [0.25, 0.3) is 0 Å². The van der Waals surface area contributed by atoms with Crippen molar-refractivity contribution in [2.75, 3.05) is 18.6 Å². The van der Waals surface area contributed by atoms with Crippen LogP contribution in [0.5, 0.6) is 17.5 Å². The molecular weight excluding hydrogens is 517 g/mol. The molecule has 4 N–H and O–H groups in total. The van der Waals surface area contributed by atoms with Crippen LogP contribution in [0, 0.1) is 12.7 Å². The SMILES string of the molecule is COc1cc(N)ccc1-c1c(Br)c2ncnc(N)c2n1-c1ccc(Oc2nccc(C)n2)c(F)c1. The number of hydrogen-bond donors (Lipinski definition) is 2. The van der Waals surface area contributed by atoms with E-state index in [0.717, 1.165) is 0 Å². The maximum absolute atomic E-state index is 15.3. The summed E-state index contributed by atoms with van der Waals surface area (Å²) >= 11 is 3.65. The van der Waals surface area contributed by atoms with Crippen LogP contribution in [0.1, 0.15) is 5.69 Å². The molecule has 0 unspecified atom stereocenters. The monoisotopic (exact) mass is 535 g/mol. The first-order chi connectivity index (χ1) is 16.9. The van der Waals surface area contributed by atoms with E-state index < -0.39 is 5.82 Å². The molecule has 176 valence electrons. The van der Waals surface area contributed by atoms with Crippen LogP contribution < -0.4 is 20.9 Å². The lowest BCUT2D eigenvalue weighted by Crippen LogP contribution is -2.03. The molecule has 9 nitrogen and oxygen atoms in total. The molecule has 3 aromatic heterocycles. The minimum atomic E-state index is -0.615. The van der Waals surface area contributed by atoms with Crippen molar-refractivity contribution in [3.63, 3.8) is 0 Å². The van der Waals surface area contributed by atoms with Crippen LogP contribution in [0.4, 0.5) is 15.9 Å². The lowest BCUT2D eigenvalue weighted by molar-refractivity contribution is 0.410. The van der Waals surface area contributed by atoms with E-state index in [4.69, 9.17) is 20.9 Å². The molecule has 35 heavy (non-hydrogen) atoms. The Labute approximate surface area is 207 Å². The number of aromatic nitrogens is 5. The molecule has 0 radical (unpaired) electrons. The lowest BCUT2D eigenvalue weighted by atomic mass is 10.1. The average Bonchev–Trinajstić information content (AvgIpc) is 3.14. The van der Waals surface area contributed by atoms with Crippen molar-refractivity contribution < 1.29 is 13.9 Å². The van der Waals surface area contributed by atoms with Gasteiger partial charge in [0.2, 0.25) is 0 Å². The third-order valence-electron chi connectivity index (χ3n) is 5.34. The van der Waals surface area contributed by atoms with Crippen LogP contribution >= 0.6 is 15.9 Å². The summed E-state index contributed by atoms with van der Waals surface area (Å²) in [6.45, 7) is 1.79. The first kappa shape index (κ1) is 22.5. The van der Waals surface area contributed by atoms with Gasteiger partial charge < -0.3 is 25.5 Å². The Morgan fingerprint density at radius 3 is 2.57 bits per heavy atom. The van der Waals surface area contributed by atoms with Crippen LogP contribution in [-0.4, -0.2) is 31.6 Å². The molecule has 0 aliphatic heterocycles. The van der Waals surface area contributed by atoms with E-state index in [1.54, 1.807) is 49.1 Å². The van der Waals surface area contributed by atoms with Crippen molar-refractivity contribution in [1.29, 1.82) is 0 Å². The summed E-state index contributed by atoms with van der Waals surface area (Å²) in [5.74, 6) is 0.116. The molecule has 0 atom stereocenters. The van der Waals surface area contributed by atoms with Gasteiger partial charge in [-0.05, 0) is 53.2 Å². The van der Waals surface area contributed by atoms with Crippen LogP contribution in [-0.2, 0) is 0 Å². The van der Waals surface area contributed by atoms with Gasteiger partial charge in [-0.25, -0.2) is 24.3 Å². The number of nitrogens with two attached hydrogens (primary N) is 2. The Balaban J connectivity index is 1.72. The molecule has 0 saturated carbocycles. The van der Waals surface area contributed by atoms with Gasteiger partial charge in [-0.3, -0.25) is 0 Å². The summed E-state index contributed by atoms with van der Waals surface area (Å²) in [6, 6.07) is 11.6. The van der Waals surface area contributed by atoms with E-state index in [1.165, 1.54) is 18.5 Å². The van der Waals surface area contributed by atoms with Crippen LogP contribution in [0.3, 0.4) is 0 Å². The number of aryl methyl sites for hydroxylation is 1. The molecule has 0 saturated heterocycles. The largest absolute Gasteiger partial charge is 0.496 e. The van der Waals surface area contributed by atoms with Gasteiger partial charge in [0.1, 0.15) is 23.1 Å². The van der Waals surface area contributed by atoms with Gasteiger partial charge in [0, 0.05) is 41.0 Å². The number of halogens is 2. The molecule has 0 aliphatic carbocycles. The second kappa shape index (κ2) is 8.84. The van der Waals surface area contributed by atoms with Gasteiger partial charge >= 0.3 is 6.01 Å². The van der Waals surface area contributed by atoms with Crippen LogP contribution in [0.25, 0.3) is 28.0 Å². The summed E-state index contributed by atoms with van der Waals surface area (Å²) in [6.07, 6.45) is 2.92. The molecule has 5 aromatic rings. The molecule has 0 amide bonds. The highest BCUT2D eigenvalue weighted by atomic mass is 79.9. The van der Waals surface area contributed by atoms with Crippen molar-refractivity contribution in [3.05, 3.63) is 71.0 Å². The molecule has 0 aliphatic rings. The van der Waals surface area contributed by atoms with Crippen LogP contribution in [0.15, 0.2) is 59.5 Å². The predicted molar refractivity (Wildman–Crippen MR) is 134 cm³/mol. The summed E-state index contributed by atoms with van der Waals surface area (Å²) in [5.41, 5.74) is 16.3. The number of rotatable bonds is 5. The lowest BCUT2D eigenvalue weighted by Gasteiger charge is -2.16. The maximum Gasteiger partial charge on any atom is 0.322 e. The number of methoxy groups -OCH3 is 1. The number of anilines is 2. The first-order valence-electron chi connectivity index (χ1n) is 10.4. The Hall–Kier alpha value is -4.25. The van der Waals surface area contributed by atoms with Crippen molar-refractivity contribution in [3.8, 4) is 34.5 Å².